The first-order chi connectivity index (χ1) is 12.5. The van der Waals surface area contributed by atoms with Gasteiger partial charge in [-0.15, -0.1) is 12.4 Å². The van der Waals surface area contributed by atoms with Gasteiger partial charge in [-0.05, 0) is 12.1 Å². The molecule has 0 radical (unpaired) electrons. The number of amides is 1. The Balaban J connectivity index is 0.00000261. The zero-order chi connectivity index (χ0) is 18.7. The zero-order valence-electron chi connectivity index (χ0n) is 14.6. The van der Waals surface area contributed by atoms with E-state index in [1.807, 2.05) is 22.7 Å². The number of anilines is 1. The molecule has 1 amide bonds. The van der Waals surface area contributed by atoms with Gasteiger partial charge in [0.25, 0.3) is 5.69 Å². The van der Waals surface area contributed by atoms with Crippen molar-refractivity contribution in [3.05, 3.63) is 51.6 Å². The number of benzene rings is 1. The molecular weight excluding hydrogens is 395 g/mol. The van der Waals surface area contributed by atoms with E-state index in [0.717, 1.165) is 12.4 Å². The molecule has 0 spiro atoms. The molecule has 1 atom stereocenters. The summed E-state index contributed by atoms with van der Waals surface area (Å²) in [5, 5.41) is 17.0. The Labute approximate surface area is 167 Å². The highest BCUT2D eigenvalue weighted by molar-refractivity contribution is 6.32. The molecule has 2 aromatic rings. The van der Waals surface area contributed by atoms with E-state index in [4.69, 9.17) is 11.6 Å². The minimum Gasteiger partial charge on any atom is -0.337 e. The molecular formula is C16H20Cl2N6O3. The first-order valence-electron chi connectivity index (χ1n) is 8.11. The summed E-state index contributed by atoms with van der Waals surface area (Å²) in [5.74, 6) is 0.634. The SMILES string of the molecule is Cl.Cn1ccnc1C1CNCCN1CC(=O)Nc1ccc(Cl)c([N+](=O)[O-])c1. The second kappa shape index (κ2) is 9.14. The van der Waals surface area contributed by atoms with Crippen LogP contribution in [0.25, 0.3) is 0 Å². The summed E-state index contributed by atoms with van der Waals surface area (Å²) in [4.78, 5) is 29.3. The summed E-state index contributed by atoms with van der Waals surface area (Å²) in [6.45, 7) is 2.34. The summed E-state index contributed by atoms with van der Waals surface area (Å²) in [6.07, 6.45) is 3.60. The van der Waals surface area contributed by atoms with Crippen molar-refractivity contribution in [3.63, 3.8) is 0 Å². The molecule has 2 N–H and O–H groups in total. The monoisotopic (exact) mass is 414 g/mol. The van der Waals surface area contributed by atoms with E-state index < -0.39 is 4.92 Å². The number of hydrogen-bond acceptors (Lipinski definition) is 6. The molecule has 1 aliphatic heterocycles. The second-order valence-corrected chi connectivity index (χ2v) is 6.47. The van der Waals surface area contributed by atoms with Crippen molar-refractivity contribution >= 4 is 41.3 Å². The van der Waals surface area contributed by atoms with Crippen molar-refractivity contribution in [2.24, 2.45) is 7.05 Å². The van der Waals surface area contributed by atoms with E-state index in [9.17, 15) is 14.9 Å². The van der Waals surface area contributed by atoms with E-state index in [-0.39, 0.29) is 41.6 Å². The third-order valence-corrected chi connectivity index (χ3v) is 4.60. The highest BCUT2D eigenvalue weighted by Crippen LogP contribution is 2.27. The predicted molar refractivity (Wildman–Crippen MR) is 104 cm³/mol. The van der Waals surface area contributed by atoms with Crippen LogP contribution in [0.5, 0.6) is 0 Å². The van der Waals surface area contributed by atoms with Crippen LogP contribution in [0.4, 0.5) is 11.4 Å². The third-order valence-electron chi connectivity index (χ3n) is 4.28. The van der Waals surface area contributed by atoms with Crippen molar-refractivity contribution in [2.45, 2.75) is 6.04 Å². The van der Waals surface area contributed by atoms with E-state index in [1.165, 1.54) is 12.1 Å². The Morgan fingerprint density at radius 2 is 2.30 bits per heavy atom. The number of piperazine rings is 1. The molecule has 3 rings (SSSR count). The van der Waals surface area contributed by atoms with Crippen LogP contribution in [-0.4, -0.2) is 51.5 Å². The van der Waals surface area contributed by atoms with Gasteiger partial charge in [0.15, 0.2) is 0 Å². The highest BCUT2D eigenvalue weighted by Gasteiger charge is 2.28. The molecule has 2 heterocycles. The number of rotatable bonds is 5. The molecule has 146 valence electrons. The smallest absolute Gasteiger partial charge is 0.289 e. The average Bonchev–Trinajstić information content (AvgIpc) is 3.02. The second-order valence-electron chi connectivity index (χ2n) is 6.06. The number of halogens is 2. The van der Waals surface area contributed by atoms with Crippen LogP contribution in [0, 0.1) is 10.1 Å². The van der Waals surface area contributed by atoms with Crippen LogP contribution in [-0.2, 0) is 11.8 Å². The van der Waals surface area contributed by atoms with Crippen molar-refractivity contribution in [1.82, 2.24) is 19.8 Å². The van der Waals surface area contributed by atoms with Crippen molar-refractivity contribution < 1.29 is 9.72 Å². The van der Waals surface area contributed by atoms with Crippen molar-refractivity contribution in [3.8, 4) is 0 Å². The lowest BCUT2D eigenvalue weighted by Gasteiger charge is -2.35. The Hall–Kier alpha value is -2.20. The standard InChI is InChI=1S/C16H19ClN6O3.ClH/c1-21-6-5-19-16(21)14-9-18-4-7-22(14)10-15(24)20-11-2-3-12(17)13(8-11)23(25)26;/h2-3,5-6,8,14,18H,4,7,9-10H2,1H3,(H,20,24);1H. The quantitative estimate of drug-likeness (QED) is 0.572. The Kier molecular flexibility index (Phi) is 7.14. The van der Waals surface area contributed by atoms with Crippen molar-refractivity contribution in [1.29, 1.82) is 0 Å². The van der Waals surface area contributed by atoms with Crippen LogP contribution >= 0.6 is 24.0 Å². The molecule has 1 aliphatic rings. The maximum absolute atomic E-state index is 12.4. The van der Waals surface area contributed by atoms with Gasteiger partial charge in [-0.3, -0.25) is 19.8 Å². The van der Waals surface area contributed by atoms with Crippen LogP contribution in [0.15, 0.2) is 30.6 Å². The van der Waals surface area contributed by atoms with Crippen LogP contribution in [0.1, 0.15) is 11.9 Å². The Morgan fingerprint density at radius 1 is 1.52 bits per heavy atom. The lowest BCUT2D eigenvalue weighted by molar-refractivity contribution is -0.384. The van der Waals surface area contributed by atoms with E-state index in [1.54, 1.807) is 12.3 Å². The number of hydrogen-bond donors (Lipinski definition) is 2. The minimum absolute atomic E-state index is 0. The number of nitro groups is 1. The maximum Gasteiger partial charge on any atom is 0.289 e. The number of aromatic nitrogens is 2. The zero-order valence-corrected chi connectivity index (χ0v) is 16.2. The van der Waals surface area contributed by atoms with Gasteiger partial charge in [0.1, 0.15) is 10.8 Å². The normalized spacial score (nSPS) is 17.2. The van der Waals surface area contributed by atoms with Gasteiger partial charge in [-0.1, -0.05) is 11.6 Å². The number of carbonyl (C=O) groups excluding carboxylic acids is 1. The fourth-order valence-corrected chi connectivity index (χ4v) is 3.19. The third kappa shape index (κ3) is 4.95. The summed E-state index contributed by atoms with van der Waals surface area (Å²) in [6, 6.07) is 4.18. The lowest BCUT2D eigenvalue weighted by Crippen LogP contribution is -2.49. The molecule has 11 heteroatoms. The van der Waals surface area contributed by atoms with Gasteiger partial charge in [-0.2, -0.15) is 0 Å². The summed E-state index contributed by atoms with van der Waals surface area (Å²) >= 11 is 5.80. The molecule has 0 aliphatic carbocycles. The first kappa shape index (κ1) is 21.1. The Morgan fingerprint density at radius 3 is 2.96 bits per heavy atom. The molecule has 1 unspecified atom stereocenters. The molecule has 9 nitrogen and oxygen atoms in total. The largest absolute Gasteiger partial charge is 0.337 e. The molecule has 0 saturated carbocycles. The van der Waals surface area contributed by atoms with E-state index in [0.29, 0.717) is 18.8 Å². The lowest BCUT2D eigenvalue weighted by atomic mass is 10.1. The minimum atomic E-state index is -0.578. The van der Waals surface area contributed by atoms with Gasteiger partial charge in [0, 0.05) is 50.8 Å². The molecule has 1 saturated heterocycles. The van der Waals surface area contributed by atoms with Gasteiger partial charge in [0.2, 0.25) is 5.91 Å². The molecule has 1 aromatic carbocycles. The summed E-state index contributed by atoms with van der Waals surface area (Å²) < 4.78 is 1.94. The first-order valence-corrected chi connectivity index (χ1v) is 8.49. The molecule has 0 bridgehead atoms. The highest BCUT2D eigenvalue weighted by atomic mass is 35.5. The van der Waals surface area contributed by atoms with E-state index >= 15 is 0 Å². The van der Waals surface area contributed by atoms with E-state index in [2.05, 4.69) is 15.6 Å². The van der Waals surface area contributed by atoms with Gasteiger partial charge < -0.3 is 15.2 Å². The number of carbonyl (C=O) groups is 1. The fraction of sp³-hybridized carbons (Fsp3) is 0.375. The summed E-state index contributed by atoms with van der Waals surface area (Å²) in [5.41, 5.74) is 0.104. The maximum atomic E-state index is 12.4. The van der Waals surface area contributed by atoms with Gasteiger partial charge in [-0.25, -0.2) is 4.98 Å². The number of imidazole rings is 1. The molecule has 1 fully saturated rings. The summed E-state index contributed by atoms with van der Waals surface area (Å²) in [7, 11) is 1.92. The number of nitrogens with zero attached hydrogens (tertiary/aromatic N) is 4. The molecule has 27 heavy (non-hydrogen) atoms. The van der Waals surface area contributed by atoms with Crippen LogP contribution in [0.3, 0.4) is 0 Å². The van der Waals surface area contributed by atoms with Crippen LogP contribution in [0.2, 0.25) is 5.02 Å². The number of nitro benzene ring substituents is 1. The van der Waals surface area contributed by atoms with Gasteiger partial charge >= 0.3 is 0 Å². The average molecular weight is 415 g/mol. The predicted octanol–water partition coefficient (Wildman–Crippen LogP) is 1.99. The molecule has 1 aromatic heterocycles. The van der Waals surface area contributed by atoms with Gasteiger partial charge in [0.05, 0.1) is 17.5 Å². The topological polar surface area (TPSA) is 105 Å². The number of aryl methyl sites for hydroxylation is 1. The van der Waals surface area contributed by atoms with Crippen molar-refractivity contribution in [2.75, 3.05) is 31.5 Å². The Bertz CT molecular complexity index is 828. The fourth-order valence-electron chi connectivity index (χ4n) is 3.00. The van der Waals surface area contributed by atoms with Crippen LogP contribution < -0.4 is 10.6 Å². The number of nitrogens with one attached hydrogen (secondary N) is 2.